The SMILES string of the molecule is CCOc1ccc(N)c(S(=O)(=O)CCCSC)c1. The monoisotopic (exact) mass is 289 g/mol. The fourth-order valence-electron chi connectivity index (χ4n) is 1.54. The minimum Gasteiger partial charge on any atom is -0.494 e. The molecule has 0 aliphatic carbocycles. The molecule has 18 heavy (non-hydrogen) atoms. The summed E-state index contributed by atoms with van der Waals surface area (Å²) in [6.45, 7) is 2.35. The summed E-state index contributed by atoms with van der Waals surface area (Å²) in [5.41, 5.74) is 6.02. The van der Waals surface area contributed by atoms with Crippen LogP contribution in [-0.4, -0.2) is 32.8 Å². The first-order chi connectivity index (χ1) is 8.51. The molecule has 0 bridgehead atoms. The van der Waals surface area contributed by atoms with Gasteiger partial charge in [0.15, 0.2) is 9.84 Å². The van der Waals surface area contributed by atoms with Crippen LogP contribution in [0, 0.1) is 0 Å². The number of thioether (sulfide) groups is 1. The van der Waals surface area contributed by atoms with Crippen LogP contribution in [0.4, 0.5) is 5.69 Å². The lowest BCUT2D eigenvalue weighted by Crippen LogP contribution is -2.10. The Morgan fingerprint density at radius 3 is 2.72 bits per heavy atom. The van der Waals surface area contributed by atoms with Gasteiger partial charge in [0.1, 0.15) is 5.75 Å². The van der Waals surface area contributed by atoms with E-state index in [-0.39, 0.29) is 16.3 Å². The molecule has 4 nitrogen and oxygen atoms in total. The lowest BCUT2D eigenvalue weighted by Gasteiger charge is -2.10. The summed E-state index contributed by atoms with van der Waals surface area (Å²) in [7, 11) is -3.32. The van der Waals surface area contributed by atoms with Crippen LogP contribution < -0.4 is 10.5 Å². The minimum atomic E-state index is -3.32. The number of benzene rings is 1. The first-order valence-electron chi connectivity index (χ1n) is 5.75. The molecule has 0 aromatic heterocycles. The van der Waals surface area contributed by atoms with E-state index in [9.17, 15) is 8.42 Å². The van der Waals surface area contributed by atoms with E-state index < -0.39 is 9.84 Å². The second kappa shape index (κ2) is 6.89. The molecular formula is C12H19NO3S2. The maximum absolute atomic E-state index is 12.1. The Morgan fingerprint density at radius 1 is 1.39 bits per heavy atom. The molecule has 0 aliphatic rings. The van der Waals surface area contributed by atoms with Crippen molar-refractivity contribution >= 4 is 27.3 Å². The van der Waals surface area contributed by atoms with Crippen molar-refractivity contribution in [3.8, 4) is 5.75 Å². The first-order valence-corrected chi connectivity index (χ1v) is 8.80. The highest BCUT2D eigenvalue weighted by atomic mass is 32.2. The molecule has 0 atom stereocenters. The first kappa shape index (κ1) is 15.2. The van der Waals surface area contributed by atoms with E-state index in [1.54, 1.807) is 23.9 Å². The number of rotatable bonds is 7. The highest BCUT2D eigenvalue weighted by molar-refractivity contribution is 7.98. The number of sulfone groups is 1. The van der Waals surface area contributed by atoms with Crippen LogP contribution in [0.1, 0.15) is 13.3 Å². The zero-order valence-corrected chi connectivity index (χ0v) is 12.3. The van der Waals surface area contributed by atoms with E-state index in [1.807, 2.05) is 13.2 Å². The van der Waals surface area contributed by atoms with Gasteiger partial charge in [-0.3, -0.25) is 0 Å². The van der Waals surface area contributed by atoms with Crippen molar-refractivity contribution in [1.29, 1.82) is 0 Å². The van der Waals surface area contributed by atoms with Gasteiger partial charge in [-0.2, -0.15) is 11.8 Å². The average molecular weight is 289 g/mol. The standard InChI is InChI=1S/C12H19NO3S2/c1-3-16-10-5-6-11(13)12(9-10)18(14,15)8-4-7-17-2/h5-6,9H,3-4,7-8,13H2,1-2H3. The summed E-state index contributed by atoms with van der Waals surface area (Å²) in [6, 6.07) is 4.76. The van der Waals surface area contributed by atoms with Gasteiger partial charge in [-0.05, 0) is 37.5 Å². The van der Waals surface area contributed by atoms with E-state index in [4.69, 9.17) is 10.5 Å². The van der Waals surface area contributed by atoms with E-state index in [0.29, 0.717) is 18.8 Å². The van der Waals surface area contributed by atoms with Gasteiger partial charge >= 0.3 is 0 Å². The minimum absolute atomic E-state index is 0.119. The number of hydrogen-bond donors (Lipinski definition) is 1. The topological polar surface area (TPSA) is 69.4 Å². The summed E-state index contributed by atoms with van der Waals surface area (Å²) in [4.78, 5) is 0.176. The number of nitrogens with two attached hydrogens (primary N) is 1. The molecule has 102 valence electrons. The lowest BCUT2D eigenvalue weighted by molar-refractivity contribution is 0.339. The quantitative estimate of drug-likeness (QED) is 0.615. The average Bonchev–Trinajstić information content (AvgIpc) is 2.32. The predicted octanol–water partition coefficient (Wildman–Crippen LogP) is 2.19. The molecule has 1 aromatic rings. The molecule has 0 amide bonds. The molecule has 0 saturated carbocycles. The molecule has 0 saturated heterocycles. The van der Waals surface area contributed by atoms with Crippen LogP contribution in [0.15, 0.2) is 23.1 Å². The fraction of sp³-hybridized carbons (Fsp3) is 0.500. The Hall–Kier alpha value is -0.880. The third-order valence-corrected chi connectivity index (χ3v) is 4.94. The van der Waals surface area contributed by atoms with Gasteiger partial charge < -0.3 is 10.5 Å². The highest BCUT2D eigenvalue weighted by Gasteiger charge is 2.18. The molecule has 0 radical (unpaired) electrons. The zero-order chi connectivity index (χ0) is 13.6. The molecule has 0 fully saturated rings. The number of anilines is 1. The van der Waals surface area contributed by atoms with Gasteiger partial charge in [-0.25, -0.2) is 8.42 Å². The summed E-state index contributed by atoms with van der Waals surface area (Å²) in [6.07, 6.45) is 2.58. The summed E-state index contributed by atoms with van der Waals surface area (Å²) < 4.78 is 29.6. The molecule has 1 aromatic carbocycles. The zero-order valence-electron chi connectivity index (χ0n) is 10.7. The fourth-order valence-corrected chi connectivity index (χ4v) is 3.63. The van der Waals surface area contributed by atoms with Crippen LogP contribution in [0.2, 0.25) is 0 Å². The van der Waals surface area contributed by atoms with E-state index in [0.717, 1.165) is 5.75 Å². The predicted molar refractivity (Wildman–Crippen MR) is 77.1 cm³/mol. The van der Waals surface area contributed by atoms with Crippen molar-refractivity contribution in [3.05, 3.63) is 18.2 Å². The van der Waals surface area contributed by atoms with Gasteiger partial charge in [0.25, 0.3) is 0 Å². The molecule has 0 spiro atoms. The Bertz CT molecular complexity index is 486. The Labute approximate surface area is 113 Å². The second-order valence-electron chi connectivity index (χ2n) is 3.80. The molecule has 0 heterocycles. The summed E-state index contributed by atoms with van der Waals surface area (Å²) >= 11 is 1.63. The van der Waals surface area contributed by atoms with Gasteiger partial charge in [-0.1, -0.05) is 0 Å². The van der Waals surface area contributed by atoms with Gasteiger partial charge in [-0.15, -0.1) is 0 Å². The normalized spacial score (nSPS) is 11.4. The number of nitrogen functional groups attached to an aromatic ring is 1. The third-order valence-electron chi connectivity index (χ3n) is 2.39. The molecular weight excluding hydrogens is 270 g/mol. The summed E-state index contributed by atoms with van der Waals surface area (Å²) in [5.74, 6) is 1.48. The Balaban J connectivity index is 2.95. The Kier molecular flexibility index (Phi) is 5.81. The van der Waals surface area contributed by atoms with Crippen LogP contribution in [0.3, 0.4) is 0 Å². The maximum atomic E-state index is 12.1. The summed E-state index contributed by atoms with van der Waals surface area (Å²) in [5, 5.41) is 0. The van der Waals surface area contributed by atoms with Gasteiger partial charge in [0, 0.05) is 6.07 Å². The van der Waals surface area contributed by atoms with Crippen molar-refractivity contribution in [3.63, 3.8) is 0 Å². The van der Waals surface area contributed by atoms with Crippen LogP contribution >= 0.6 is 11.8 Å². The molecule has 6 heteroatoms. The molecule has 0 unspecified atom stereocenters. The molecule has 1 rings (SSSR count). The van der Waals surface area contributed by atoms with Gasteiger partial charge in [0.05, 0.1) is 22.9 Å². The second-order valence-corrected chi connectivity index (χ2v) is 6.86. The smallest absolute Gasteiger partial charge is 0.180 e. The van der Waals surface area contributed by atoms with Crippen LogP contribution in [0.25, 0.3) is 0 Å². The Morgan fingerprint density at radius 2 is 2.11 bits per heavy atom. The maximum Gasteiger partial charge on any atom is 0.180 e. The third kappa shape index (κ3) is 4.10. The number of hydrogen-bond acceptors (Lipinski definition) is 5. The van der Waals surface area contributed by atoms with Crippen molar-refractivity contribution in [2.24, 2.45) is 0 Å². The van der Waals surface area contributed by atoms with Crippen molar-refractivity contribution < 1.29 is 13.2 Å². The molecule has 0 aliphatic heterocycles. The van der Waals surface area contributed by atoms with Gasteiger partial charge in [0.2, 0.25) is 0 Å². The lowest BCUT2D eigenvalue weighted by atomic mass is 10.3. The highest BCUT2D eigenvalue weighted by Crippen LogP contribution is 2.25. The van der Waals surface area contributed by atoms with E-state index >= 15 is 0 Å². The van der Waals surface area contributed by atoms with Crippen molar-refractivity contribution in [2.45, 2.75) is 18.2 Å². The van der Waals surface area contributed by atoms with Crippen LogP contribution in [-0.2, 0) is 9.84 Å². The van der Waals surface area contributed by atoms with E-state index in [2.05, 4.69) is 0 Å². The van der Waals surface area contributed by atoms with Crippen molar-refractivity contribution in [2.75, 3.05) is 30.1 Å². The van der Waals surface area contributed by atoms with Crippen molar-refractivity contribution in [1.82, 2.24) is 0 Å². The van der Waals surface area contributed by atoms with E-state index in [1.165, 1.54) is 6.07 Å². The number of ether oxygens (including phenoxy) is 1. The largest absolute Gasteiger partial charge is 0.494 e. The van der Waals surface area contributed by atoms with Crippen LogP contribution in [0.5, 0.6) is 5.75 Å². The molecule has 2 N–H and O–H groups in total.